The quantitative estimate of drug-likeness (QED) is 0.554. The second-order valence-corrected chi connectivity index (χ2v) is 12.0. The number of hydrogen-bond acceptors (Lipinski definition) is 6. The largest absolute Gasteiger partial charge is 0.317 e. The summed E-state index contributed by atoms with van der Waals surface area (Å²) in [6.45, 7) is 1.90. The molecule has 0 spiro atoms. The van der Waals surface area contributed by atoms with E-state index in [0.717, 1.165) is 28.0 Å². The number of amides is 1. The average Bonchev–Trinajstić information content (AvgIpc) is 2.97. The molecule has 3 aromatic rings. The Morgan fingerprint density at radius 2 is 1.71 bits per heavy atom. The van der Waals surface area contributed by atoms with Crippen LogP contribution in [0.3, 0.4) is 0 Å². The van der Waals surface area contributed by atoms with Gasteiger partial charge in [-0.05, 0) is 29.7 Å². The Balaban J connectivity index is 1.72. The number of carbonyl (C=O) groups excluding carboxylic acids is 1. The van der Waals surface area contributed by atoms with Crippen molar-refractivity contribution in [2.45, 2.75) is 23.6 Å². The monoisotopic (exact) mass is 495 g/mol. The summed E-state index contributed by atoms with van der Waals surface area (Å²) in [6.07, 6.45) is 2.82. The number of carbonyl (C=O) groups is 1. The van der Waals surface area contributed by atoms with Crippen LogP contribution in [0.25, 0.3) is 0 Å². The van der Waals surface area contributed by atoms with E-state index in [1.54, 1.807) is 29.6 Å². The zero-order valence-corrected chi connectivity index (χ0v) is 20.6. The highest BCUT2D eigenvalue weighted by atomic mass is 32.2. The van der Waals surface area contributed by atoms with Crippen molar-refractivity contribution in [3.8, 4) is 0 Å². The highest BCUT2D eigenvalue weighted by Crippen LogP contribution is 2.42. The zero-order chi connectivity index (χ0) is 24.0. The minimum Gasteiger partial charge on any atom is -0.317 e. The summed E-state index contributed by atoms with van der Waals surface area (Å²) < 4.78 is 25.6. The van der Waals surface area contributed by atoms with Crippen LogP contribution in [-0.4, -0.2) is 49.1 Å². The lowest BCUT2D eigenvalue weighted by molar-refractivity contribution is 0.0695. The molecule has 2 aromatic carbocycles. The van der Waals surface area contributed by atoms with Gasteiger partial charge >= 0.3 is 0 Å². The first-order valence-electron chi connectivity index (χ1n) is 11.0. The summed E-state index contributed by atoms with van der Waals surface area (Å²) in [5, 5.41) is 2.06. The first-order chi connectivity index (χ1) is 16.2. The van der Waals surface area contributed by atoms with Gasteiger partial charge in [0.15, 0.2) is 5.43 Å². The van der Waals surface area contributed by atoms with Crippen LogP contribution in [0, 0.1) is 6.92 Å². The molecule has 0 N–H and O–H groups in total. The number of hydrogen-bond donors (Lipinski definition) is 0. The molecule has 5 rings (SSSR count). The second-order valence-electron chi connectivity index (χ2n) is 8.71. The molecule has 176 valence electrons. The minimum absolute atomic E-state index is 0.0570. The molecule has 1 unspecified atom stereocenters. The summed E-state index contributed by atoms with van der Waals surface area (Å²) in [6, 6.07) is 17.8. The highest BCUT2D eigenvalue weighted by Gasteiger charge is 2.37. The van der Waals surface area contributed by atoms with Crippen molar-refractivity contribution in [2.75, 3.05) is 30.2 Å². The third kappa shape index (κ3) is 4.03. The van der Waals surface area contributed by atoms with Crippen LogP contribution in [0.5, 0.6) is 0 Å². The first kappa shape index (κ1) is 22.7. The molecular formula is C25H25N3O4S2. The summed E-state index contributed by atoms with van der Waals surface area (Å²) in [5.41, 5.74) is 3.84. The predicted octanol–water partition coefficient (Wildman–Crippen LogP) is 2.95. The molecule has 1 aromatic heterocycles. The van der Waals surface area contributed by atoms with E-state index in [0.29, 0.717) is 5.56 Å². The van der Waals surface area contributed by atoms with Crippen LogP contribution in [0.1, 0.15) is 38.8 Å². The van der Waals surface area contributed by atoms with Gasteiger partial charge in [-0.1, -0.05) is 42.5 Å². The SMILES string of the molecule is Cc1c2n(ccc1=O)N(C1c3ccccc3CSc3ccccc31)CN(CCS(C)(=O)=O)C2=O. The van der Waals surface area contributed by atoms with Crippen LogP contribution in [0.4, 0.5) is 0 Å². The van der Waals surface area contributed by atoms with E-state index in [4.69, 9.17) is 0 Å². The number of fused-ring (bicyclic) bond motifs is 3. The third-order valence-electron chi connectivity index (χ3n) is 6.38. The molecule has 2 aliphatic heterocycles. The molecule has 0 aliphatic carbocycles. The van der Waals surface area contributed by atoms with Crippen molar-refractivity contribution in [3.05, 3.63) is 99.0 Å². The molecule has 7 nitrogen and oxygen atoms in total. The van der Waals surface area contributed by atoms with Gasteiger partial charge in [-0.15, -0.1) is 11.8 Å². The molecular weight excluding hydrogens is 470 g/mol. The van der Waals surface area contributed by atoms with E-state index in [1.165, 1.54) is 16.5 Å². The Hall–Kier alpha value is -3.04. The van der Waals surface area contributed by atoms with E-state index in [1.807, 2.05) is 24.3 Å². The molecule has 0 radical (unpaired) electrons. The molecule has 2 aliphatic rings. The molecule has 3 heterocycles. The first-order valence-corrected chi connectivity index (χ1v) is 14.0. The van der Waals surface area contributed by atoms with Gasteiger partial charge in [0.2, 0.25) is 0 Å². The molecule has 1 amide bonds. The van der Waals surface area contributed by atoms with E-state index in [-0.39, 0.29) is 42.0 Å². The maximum atomic E-state index is 13.4. The van der Waals surface area contributed by atoms with E-state index in [2.05, 4.69) is 29.3 Å². The Bertz CT molecular complexity index is 1400. The topological polar surface area (TPSA) is 79.7 Å². The number of rotatable bonds is 4. The van der Waals surface area contributed by atoms with Crippen molar-refractivity contribution in [1.29, 1.82) is 0 Å². The second kappa shape index (κ2) is 8.63. The van der Waals surface area contributed by atoms with Crippen LogP contribution in [0.2, 0.25) is 0 Å². The predicted molar refractivity (Wildman–Crippen MR) is 134 cm³/mol. The lowest BCUT2D eigenvalue weighted by atomic mass is 9.94. The Morgan fingerprint density at radius 1 is 1.00 bits per heavy atom. The van der Waals surface area contributed by atoms with Crippen molar-refractivity contribution >= 4 is 27.5 Å². The number of pyridine rings is 1. The average molecular weight is 496 g/mol. The Morgan fingerprint density at radius 3 is 2.47 bits per heavy atom. The summed E-state index contributed by atoms with van der Waals surface area (Å²) in [7, 11) is -3.27. The van der Waals surface area contributed by atoms with Crippen molar-refractivity contribution in [3.63, 3.8) is 0 Å². The van der Waals surface area contributed by atoms with Gasteiger partial charge in [-0.2, -0.15) is 0 Å². The van der Waals surface area contributed by atoms with Gasteiger partial charge in [0.25, 0.3) is 5.91 Å². The summed E-state index contributed by atoms with van der Waals surface area (Å²) in [5.74, 6) is 0.348. The normalized spacial score (nSPS) is 17.6. The number of sulfone groups is 1. The molecule has 0 saturated heterocycles. The van der Waals surface area contributed by atoms with Crippen LogP contribution in [-0.2, 0) is 15.6 Å². The number of aromatic nitrogens is 1. The number of nitrogens with zero attached hydrogens (tertiary/aromatic N) is 3. The summed E-state index contributed by atoms with van der Waals surface area (Å²) >= 11 is 1.78. The van der Waals surface area contributed by atoms with Crippen LogP contribution in [0.15, 0.2) is 70.5 Å². The Kier molecular flexibility index (Phi) is 5.77. The van der Waals surface area contributed by atoms with Crippen LogP contribution >= 0.6 is 11.8 Å². The fourth-order valence-electron chi connectivity index (χ4n) is 4.62. The van der Waals surface area contributed by atoms with E-state index >= 15 is 0 Å². The highest BCUT2D eigenvalue weighted by molar-refractivity contribution is 7.98. The standard InChI is InChI=1S/C25H25N3O4S2/c1-17-21(29)11-12-27-23(17)25(30)26(13-14-34(2,31)32)16-28(27)24-19-8-4-3-7-18(19)15-33-22-10-6-5-9-20(22)24/h3-12,24H,13-16H2,1-2H3. The van der Waals surface area contributed by atoms with Gasteiger partial charge in [0, 0.05) is 41.3 Å². The number of benzene rings is 2. The molecule has 0 saturated carbocycles. The molecule has 0 fully saturated rings. The van der Waals surface area contributed by atoms with Gasteiger partial charge in [0.1, 0.15) is 22.2 Å². The van der Waals surface area contributed by atoms with Gasteiger partial charge in [-0.25, -0.2) is 8.42 Å². The molecule has 9 heteroatoms. The lowest BCUT2D eigenvalue weighted by Gasteiger charge is -2.44. The number of thioether (sulfide) groups is 1. The van der Waals surface area contributed by atoms with Gasteiger partial charge in [0.05, 0.1) is 11.8 Å². The Labute approximate surface area is 202 Å². The molecule has 1 atom stereocenters. The van der Waals surface area contributed by atoms with Gasteiger partial charge < -0.3 is 4.90 Å². The van der Waals surface area contributed by atoms with E-state index < -0.39 is 9.84 Å². The fourth-order valence-corrected chi connectivity index (χ4v) is 6.27. The van der Waals surface area contributed by atoms with Crippen LogP contribution < -0.4 is 10.4 Å². The fraction of sp³-hybridized carbons (Fsp3) is 0.280. The lowest BCUT2D eigenvalue weighted by Crippen LogP contribution is -2.56. The third-order valence-corrected chi connectivity index (χ3v) is 8.44. The minimum atomic E-state index is -3.27. The van der Waals surface area contributed by atoms with Crippen molar-refractivity contribution in [1.82, 2.24) is 9.58 Å². The van der Waals surface area contributed by atoms with E-state index in [9.17, 15) is 18.0 Å². The zero-order valence-electron chi connectivity index (χ0n) is 19.0. The molecule has 0 bridgehead atoms. The maximum Gasteiger partial charge on any atom is 0.274 e. The smallest absolute Gasteiger partial charge is 0.274 e. The van der Waals surface area contributed by atoms with Crippen molar-refractivity contribution < 1.29 is 13.2 Å². The maximum absolute atomic E-state index is 13.4. The summed E-state index contributed by atoms with van der Waals surface area (Å²) in [4.78, 5) is 28.6. The molecule has 34 heavy (non-hydrogen) atoms. The van der Waals surface area contributed by atoms with Crippen molar-refractivity contribution in [2.24, 2.45) is 0 Å². The van der Waals surface area contributed by atoms with Gasteiger partial charge in [-0.3, -0.25) is 19.3 Å².